The Morgan fingerprint density at radius 3 is 2.96 bits per heavy atom. The summed E-state index contributed by atoms with van der Waals surface area (Å²) in [5, 5.41) is 4.19. The zero-order chi connectivity index (χ0) is 16.9. The number of hydrogen-bond acceptors (Lipinski definition) is 3. The van der Waals surface area contributed by atoms with Crippen molar-refractivity contribution in [3.05, 3.63) is 30.1 Å². The van der Waals surface area contributed by atoms with Crippen molar-refractivity contribution in [2.75, 3.05) is 32.4 Å². The molecule has 0 amide bonds. The minimum Gasteiger partial charge on any atom is -0.356 e. The van der Waals surface area contributed by atoms with E-state index in [1.54, 1.807) is 0 Å². The van der Waals surface area contributed by atoms with E-state index in [0.29, 0.717) is 11.2 Å². The Labute approximate surface area is 171 Å². The summed E-state index contributed by atoms with van der Waals surface area (Å²) in [6.07, 6.45) is 0.865. The lowest BCUT2D eigenvalue weighted by Gasteiger charge is -2.36. The summed E-state index contributed by atoms with van der Waals surface area (Å²) >= 11 is 2.09. The smallest absolute Gasteiger partial charge is 0.193 e. The highest BCUT2D eigenvalue weighted by atomic mass is 127. The van der Waals surface area contributed by atoms with Crippen molar-refractivity contribution in [3.8, 4) is 0 Å². The molecule has 1 aliphatic rings. The molecule has 0 saturated carbocycles. The van der Waals surface area contributed by atoms with Crippen molar-refractivity contribution < 1.29 is 0 Å². The number of guanidine groups is 1. The molecule has 0 spiro atoms. The minimum absolute atomic E-state index is 0. The van der Waals surface area contributed by atoms with Crippen molar-refractivity contribution in [3.63, 3.8) is 0 Å². The number of halogens is 1. The number of H-pyrrole nitrogens is 1. The molecule has 1 unspecified atom stereocenters. The molecule has 3 rings (SSSR count). The van der Waals surface area contributed by atoms with Gasteiger partial charge < -0.3 is 15.2 Å². The molecular weight excluding hydrogens is 445 g/mol. The number of imidazole rings is 1. The number of thioether (sulfide) groups is 1. The molecule has 1 saturated heterocycles. The second-order valence-corrected chi connectivity index (χ2v) is 7.87. The first kappa shape index (κ1) is 20.4. The highest BCUT2D eigenvalue weighted by Crippen LogP contribution is 2.24. The Morgan fingerprint density at radius 1 is 1.44 bits per heavy atom. The molecule has 1 aliphatic heterocycles. The maximum atomic E-state index is 4.63. The quantitative estimate of drug-likeness (QED) is 0.406. The molecule has 0 aliphatic carbocycles. The first-order valence-electron chi connectivity index (χ1n) is 8.68. The second-order valence-electron chi connectivity index (χ2n) is 6.52. The van der Waals surface area contributed by atoms with Crippen LogP contribution in [0.25, 0.3) is 11.0 Å². The highest BCUT2D eigenvalue weighted by Gasteiger charge is 2.24. The third-order valence-electron chi connectivity index (χ3n) is 4.43. The number of hydrogen-bond donors (Lipinski definition) is 2. The number of fused-ring (bicyclic) bond motifs is 1. The number of aromatic amines is 1. The molecule has 1 fully saturated rings. The predicted octanol–water partition coefficient (Wildman–Crippen LogP) is 3.37. The largest absolute Gasteiger partial charge is 0.356 e. The van der Waals surface area contributed by atoms with Gasteiger partial charge in [-0.2, -0.15) is 11.8 Å². The van der Waals surface area contributed by atoms with Crippen LogP contribution in [0.5, 0.6) is 0 Å². The van der Waals surface area contributed by atoms with Crippen LogP contribution in [0.15, 0.2) is 29.3 Å². The molecule has 138 valence electrons. The number of benzene rings is 1. The van der Waals surface area contributed by atoms with Gasteiger partial charge >= 0.3 is 0 Å². The van der Waals surface area contributed by atoms with E-state index in [0.717, 1.165) is 48.9 Å². The zero-order valence-corrected chi connectivity index (χ0v) is 18.3. The van der Waals surface area contributed by atoms with Crippen LogP contribution in [0.1, 0.15) is 19.7 Å². The van der Waals surface area contributed by atoms with Gasteiger partial charge in [0.2, 0.25) is 0 Å². The normalized spacial score (nSPS) is 18.5. The van der Waals surface area contributed by atoms with Crippen LogP contribution in [-0.4, -0.2) is 58.5 Å². The van der Waals surface area contributed by atoms with E-state index >= 15 is 0 Å². The van der Waals surface area contributed by atoms with E-state index in [-0.39, 0.29) is 24.0 Å². The molecular formula is C18H28IN5S. The molecule has 2 N–H and O–H groups in total. The third kappa shape index (κ3) is 5.26. The van der Waals surface area contributed by atoms with Crippen LogP contribution in [0, 0.1) is 5.92 Å². The van der Waals surface area contributed by atoms with Crippen LogP contribution >= 0.6 is 35.7 Å². The van der Waals surface area contributed by atoms with Gasteiger partial charge in [0.15, 0.2) is 5.96 Å². The number of para-hydroxylation sites is 2. The first-order chi connectivity index (χ1) is 11.7. The van der Waals surface area contributed by atoms with E-state index in [4.69, 9.17) is 0 Å². The maximum absolute atomic E-state index is 4.63. The average Bonchev–Trinajstić information content (AvgIpc) is 3.01. The first-order valence-corrected chi connectivity index (χ1v) is 9.73. The Balaban J connectivity index is 0.00000225. The van der Waals surface area contributed by atoms with Gasteiger partial charge in [-0.1, -0.05) is 26.0 Å². The number of rotatable bonds is 4. The number of aromatic nitrogens is 2. The van der Waals surface area contributed by atoms with Gasteiger partial charge in [-0.15, -0.1) is 24.0 Å². The number of nitrogens with zero attached hydrogens (tertiary/aromatic N) is 3. The molecule has 25 heavy (non-hydrogen) atoms. The third-order valence-corrected chi connectivity index (χ3v) is 5.97. The van der Waals surface area contributed by atoms with Crippen molar-refractivity contribution in [2.45, 2.75) is 25.5 Å². The summed E-state index contributed by atoms with van der Waals surface area (Å²) in [4.78, 5) is 14.9. The fourth-order valence-corrected chi connectivity index (χ4v) is 4.32. The maximum Gasteiger partial charge on any atom is 0.193 e. The molecule has 1 atom stereocenters. The van der Waals surface area contributed by atoms with Crippen molar-refractivity contribution in [1.82, 2.24) is 20.2 Å². The van der Waals surface area contributed by atoms with E-state index in [2.05, 4.69) is 56.9 Å². The van der Waals surface area contributed by atoms with Crippen LogP contribution in [-0.2, 0) is 6.42 Å². The molecule has 5 nitrogen and oxygen atoms in total. The number of nitrogens with one attached hydrogen (secondary N) is 2. The molecule has 1 aromatic carbocycles. The summed E-state index contributed by atoms with van der Waals surface area (Å²) in [6.45, 7) is 7.59. The predicted molar refractivity (Wildman–Crippen MR) is 119 cm³/mol. The lowest BCUT2D eigenvalue weighted by Crippen LogP contribution is -2.49. The van der Waals surface area contributed by atoms with Gasteiger partial charge in [-0.05, 0) is 18.1 Å². The summed E-state index contributed by atoms with van der Waals surface area (Å²) in [6, 6.07) is 8.16. The monoisotopic (exact) mass is 473 g/mol. The van der Waals surface area contributed by atoms with Gasteiger partial charge in [0.25, 0.3) is 0 Å². The summed E-state index contributed by atoms with van der Waals surface area (Å²) in [5.74, 6) is 3.91. The average molecular weight is 473 g/mol. The lowest BCUT2D eigenvalue weighted by molar-refractivity contribution is 0.381. The molecule has 0 bridgehead atoms. The Morgan fingerprint density at radius 2 is 2.24 bits per heavy atom. The van der Waals surface area contributed by atoms with E-state index in [1.165, 1.54) is 5.75 Å². The molecule has 2 heterocycles. The fraction of sp³-hybridized carbons (Fsp3) is 0.556. The summed E-state index contributed by atoms with van der Waals surface area (Å²) in [7, 11) is 1.87. The Kier molecular flexibility index (Phi) is 7.86. The SMILES string of the molecule is CN=C(NCCc1nc2ccccc2[nH]1)N1CCSC(C(C)C)C1.I. The fourth-order valence-electron chi connectivity index (χ4n) is 3.02. The van der Waals surface area contributed by atoms with E-state index in [9.17, 15) is 0 Å². The highest BCUT2D eigenvalue weighted by molar-refractivity contribution is 14.0. The molecule has 2 aromatic rings. The van der Waals surface area contributed by atoms with Gasteiger partial charge in [-0.3, -0.25) is 4.99 Å². The zero-order valence-electron chi connectivity index (χ0n) is 15.2. The molecule has 1 aromatic heterocycles. The molecule has 7 heteroatoms. The van der Waals surface area contributed by atoms with Gasteiger partial charge in [0, 0.05) is 44.1 Å². The summed E-state index contributed by atoms with van der Waals surface area (Å²) in [5.41, 5.74) is 2.13. The topological polar surface area (TPSA) is 56.3 Å². The summed E-state index contributed by atoms with van der Waals surface area (Å²) < 4.78 is 0. The van der Waals surface area contributed by atoms with Crippen molar-refractivity contribution in [2.24, 2.45) is 10.9 Å². The van der Waals surface area contributed by atoms with Crippen LogP contribution in [0.4, 0.5) is 0 Å². The number of aliphatic imine (C=N–C) groups is 1. The van der Waals surface area contributed by atoms with Gasteiger partial charge in [0.05, 0.1) is 11.0 Å². The minimum atomic E-state index is 0. The van der Waals surface area contributed by atoms with Crippen LogP contribution in [0.2, 0.25) is 0 Å². The van der Waals surface area contributed by atoms with E-state index < -0.39 is 0 Å². The van der Waals surface area contributed by atoms with Crippen LogP contribution in [0.3, 0.4) is 0 Å². The standard InChI is InChI=1S/C18H27N5S.HI/c1-13(2)16-12-23(10-11-24-16)18(19-3)20-9-8-17-21-14-6-4-5-7-15(14)22-17;/h4-7,13,16H,8-12H2,1-3H3,(H,19,20)(H,21,22);1H. The molecule has 0 radical (unpaired) electrons. The van der Waals surface area contributed by atoms with Gasteiger partial charge in [0.1, 0.15) is 5.82 Å². The Bertz CT molecular complexity index is 667. The lowest BCUT2D eigenvalue weighted by atomic mass is 10.1. The second kappa shape index (κ2) is 9.66. The van der Waals surface area contributed by atoms with Crippen molar-refractivity contribution >= 4 is 52.7 Å². The Hall–Kier alpha value is -0.960. The van der Waals surface area contributed by atoms with Gasteiger partial charge in [-0.25, -0.2) is 4.98 Å². The van der Waals surface area contributed by atoms with E-state index in [1.807, 2.05) is 25.2 Å². The van der Waals surface area contributed by atoms with Crippen molar-refractivity contribution in [1.29, 1.82) is 0 Å². The van der Waals surface area contributed by atoms with Crippen LogP contribution < -0.4 is 5.32 Å².